The Balaban J connectivity index is 1.48. The van der Waals surface area contributed by atoms with Crippen LogP contribution in [0.1, 0.15) is 35.3 Å². The van der Waals surface area contributed by atoms with Gasteiger partial charge in [-0.15, -0.1) is 0 Å². The lowest BCUT2D eigenvalue weighted by Gasteiger charge is -2.35. The number of para-hydroxylation sites is 1. The fourth-order valence-electron chi connectivity index (χ4n) is 3.58. The number of hydrogen-bond donors (Lipinski definition) is 1. The van der Waals surface area contributed by atoms with Crippen molar-refractivity contribution in [1.29, 1.82) is 0 Å². The van der Waals surface area contributed by atoms with E-state index in [1.807, 2.05) is 67.3 Å². The van der Waals surface area contributed by atoms with E-state index in [1.165, 1.54) is 0 Å². The SMILES string of the molecule is COc1ccccc1/C=C/CNCc1ccc(C(=O)N2CC(C)OC(C)C2)cc1. The number of nitrogens with one attached hydrogen (secondary N) is 1. The van der Waals surface area contributed by atoms with Gasteiger partial charge in [-0.2, -0.15) is 0 Å². The van der Waals surface area contributed by atoms with E-state index in [0.717, 1.165) is 35.5 Å². The summed E-state index contributed by atoms with van der Waals surface area (Å²) < 4.78 is 11.1. The first-order chi connectivity index (χ1) is 14.1. The van der Waals surface area contributed by atoms with E-state index in [0.29, 0.717) is 13.1 Å². The molecule has 1 fully saturated rings. The Labute approximate surface area is 173 Å². The molecule has 0 saturated carbocycles. The molecule has 1 aliphatic rings. The average molecular weight is 395 g/mol. The molecule has 5 heteroatoms. The van der Waals surface area contributed by atoms with Crippen molar-refractivity contribution in [2.24, 2.45) is 0 Å². The van der Waals surface area contributed by atoms with Crippen molar-refractivity contribution in [2.75, 3.05) is 26.7 Å². The van der Waals surface area contributed by atoms with Gasteiger partial charge in [0.25, 0.3) is 5.91 Å². The maximum Gasteiger partial charge on any atom is 0.254 e. The van der Waals surface area contributed by atoms with Crippen molar-refractivity contribution < 1.29 is 14.3 Å². The van der Waals surface area contributed by atoms with Crippen LogP contribution in [0.5, 0.6) is 5.75 Å². The van der Waals surface area contributed by atoms with Gasteiger partial charge in [-0.25, -0.2) is 0 Å². The summed E-state index contributed by atoms with van der Waals surface area (Å²) >= 11 is 0. The Morgan fingerprint density at radius 3 is 2.52 bits per heavy atom. The fraction of sp³-hybridized carbons (Fsp3) is 0.375. The molecular weight excluding hydrogens is 364 g/mol. The first-order valence-corrected chi connectivity index (χ1v) is 10.1. The smallest absolute Gasteiger partial charge is 0.254 e. The molecule has 1 saturated heterocycles. The van der Waals surface area contributed by atoms with Gasteiger partial charge in [0.05, 0.1) is 19.3 Å². The summed E-state index contributed by atoms with van der Waals surface area (Å²) in [5, 5.41) is 3.39. The molecule has 5 nitrogen and oxygen atoms in total. The number of benzene rings is 2. The number of amides is 1. The molecule has 2 atom stereocenters. The van der Waals surface area contributed by atoms with E-state index < -0.39 is 0 Å². The number of carbonyl (C=O) groups excluding carboxylic acids is 1. The number of methoxy groups -OCH3 is 1. The number of rotatable bonds is 7. The molecule has 2 aromatic rings. The number of hydrogen-bond acceptors (Lipinski definition) is 4. The molecule has 2 aromatic carbocycles. The molecule has 29 heavy (non-hydrogen) atoms. The van der Waals surface area contributed by atoms with Crippen LogP contribution in [0.3, 0.4) is 0 Å². The predicted molar refractivity (Wildman–Crippen MR) is 116 cm³/mol. The van der Waals surface area contributed by atoms with Crippen molar-refractivity contribution >= 4 is 12.0 Å². The van der Waals surface area contributed by atoms with Crippen LogP contribution in [0.15, 0.2) is 54.6 Å². The topological polar surface area (TPSA) is 50.8 Å². The normalized spacial score (nSPS) is 19.5. The molecule has 1 N–H and O–H groups in total. The van der Waals surface area contributed by atoms with Crippen LogP contribution < -0.4 is 10.1 Å². The van der Waals surface area contributed by atoms with Crippen LogP contribution in [0.2, 0.25) is 0 Å². The van der Waals surface area contributed by atoms with Gasteiger partial charge in [0.1, 0.15) is 5.75 Å². The number of ether oxygens (including phenoxy) is 2. The van der Waals surface area contributed by atoms with Gasteiger partial charge in [-0.1, -0.05) is 42.5 Å². The summed E-state index contributed by atoms with van der Waals surface area (Å²) in [4.78, 5) is 14.6. The van der Waals surface area contributed by atoms with E-state index in [2.05, 4.69) is 17.5 Å². The number of nitrogens with zero attached hydrogens (tertiary/aromatic N) is 1. The van der Waals surface area contributed by atoms with E-state index in [1.54, 1.807) is 7.11 Å². The van der Waals surface area contributed by atoms with Crippen molar-refractivity contribution in [3.63, 3.8) is 0 Å². The summed E-state index contributed by atoms with van der Waals surface area (Å²) in [6.45, 7) is 6.80. The van der Waals surface area contributed by atoms with Gasteiger partial charge in [0.2, 0.25) is 0 Å². The number of morpholine rings is 1. The molecule has 3 rings (SSSR count). The van der Waals surface area contributed by atoms with Crippen LogP contribution >= 0.6 is 0 Å². The Kier molecular flexibility index (Phi) is 7.44. The van der Waals surface area contributed by atoms with Crippen LogP contribution in [0, 0.1) is 0 Å². The highest BCUT2D eigenvalue weighted by Gasteiger charge is 2.26. The highest BCUT2D eigenvalue weighted by atomic mass is 16.5. The first-order valence-electron chi connectivity index (χ1n) is 10.1. The van der Waals surface area contributed by atoms with Crippen LogP contribution in [-0.2, 0) is 11.3 Å². The second kappa shape index (κ2) is 10.2. The summed E-state index contributed by atoms with van der Waals surface area (Å²) in [5.41, 5.74) is 2.94. The minimum atomic E-state index is 0.0752. The molecule has 0 aliphatic carbocycles. The van der Waals surface area contributed by atoms with Gasteiger partial charge in [-0.05, 0) is 37.6 Å². The highest BCUT2D eigenvalue weighted by molar-refractivity contribution is 5.94. The lowest BCUT2D eigenvalue weighted by Crippen LogP contribution is -2.48. The largest absolute Gasteiger partial charge is 0.496 e. The molecule has 1 aliphatic heterocycles. The van der Waals surface area contributed by atoms with Crippen LogP contribution in [0.4, 0.5) is 0 Å². The van der Waals surface area contributed by atoms with E-state index in [9.17, 15) is 4.79 Å². The molecule has 154 valence electrons. The third kappa shape index (κ3) is 5.92. The molecule has 1 heterocycles. The van der Waals surface area contributed by atoms with Gasteiger partial charge in [-0.3, -0.25) is 4.79 Å². The fourth-order valence-corrected chi connectivity index (χ4v) is 3.58. The van der Waals surface area contributed by atoms with Gasteiger partial charge in [0.15, 0.2) is 0 Å². The Morgan fingerprint density at radius 2 is 1.83 bits per heavy atom. The maximum atomic E-state index is 12.7. The van der Waals surface area contributed by atoms with Crippen LogP contribution in [0.25, 0.3) is 6.08 Å². The minimum Gasteiger partial charge on any atom is -0.496 e. The zero-order valence-corrected chi connectivity index (χ0v) is 17.4. The lowest BCUT2D eigenvalue weighted by atomic mass is 10.1. The summed E-state index contributed by atoms with van der Waals surface area (Å²) in [6, 6.07) is 15.8. The Hall–Kier alpha value is -2.63. The molecular formula is C24H30N2O3. The minimum absolute atomic E-state index is 0.0752. The molecule has 2 unspecified atom stereocenters. The Bertz CT molecular complexity index is 822. The summed E-state index contributed by atoms with van der Waals surface area (Å²) in [6.07, 6.45) is 4.29. The highest BCUT2D eigenvalue weighted by Crippen LogP contribution is 2.18. The zero-order chi connectivity index (χ0) is 20.6. The van der Waals surface area contributed by atoms with Gasteiger partial charge < -0.3 is 19.7 Å². The number of carbonyl (C=O) groups is 1. The van der Waals surface area contributed by atoms with E-state index >= 15 is 0 Å². The monoisotopic (exact) mass is 394 g/mol. The molecule has 0 radical (unpaired) electrons. The van der Waals surface area contributed by atoms with Crippen molar-refractivity contribution in [1.82, 2.24) is 10.2 Å². The average Bonchev–Trinajstić information content (AvgIpc) is 2.73. The van der Waals surface area contributed by atoms with Crippen LogP contribution in [-0.4, -0.2) is 49.8 Å². The lowest BCUT2D eigenvalue weighted by molar-refractivity contribution is -0.0586. The standard InChI is InChI=1S/C24H30N2O3/c1-18-16-26(17-19(2)29-18)24(27)22-12-10-20(11-13-22)15-25-14-6-8-21-7-4-5-9-23(21)28-3/h4-13,18-19,25H,14-17H2,1-3H3/b8-6+. The second-order valence-electron chi connectivity index (χ2n) is 7.44. The third-order valence-electron chi connectivity index (χ3n) is 4.94. The predicted octanol–water partition coefficient (Wildman–Crippen LogP) is 3.75. The third-order valence-corrected chi connectivity index (χ3v) is 4.94. The van der Waals surface area contributed by atoms with Gasteiger partial charge in [0, 0.05) is 37.3 Å². The summed E-state index contributed by atoms with van der Waals surface area (Å²) in [7, 11) is 1.68. The molecule has 0 aromatic heterocycles. The van der Waals surface area contributed by atoms with Crippen molar-refractivity contribution in [3.05, 3.63) is 71.3 Å². The molecule has 0 spiro atoms. The molecule has 1 amide bonds. The van der Waals surface area contributed by atoms with Gasteiger partial charge >= 0.3 is 0 Å². The summed E-state index contributed by atoms with van der Waals surface area (Å²) in [5.74, 6) is 0.944. The van der Waals surface area contributed by atoms with E-state index in [4.69, 9.17) is 9.47 Å². The quantitative estimate of drug-likeness (QED) is 0.727. The molecule has 0 bridgehead atoms. The zero-order valence-electron chi connectivity index (χ0n) is 17.4. The van der Waals surface area contributed by atoms with Crippen molar-refractivity contribution in [3.8, 4) is 5.75 Å². The Morgan fingerprint density at radius 1 is 1.14 bits per heavy atom. The first kappa shape index (κ1) is 21.1. The van der Waals surface area contributed by atoms with E-state index in [-0.39, 0.29) is 18.1 Å². The maximum absolute atomic E-state index is 12.7. The second-order valence-corrected chi connectivity index (χ2v) is 7.44. The van der Waals surface area contributed by atoms with Crippen molar-refractivity contribution in [2.45, 2.75) is 32.6 Å².